The summed E-state index contributed by atoms with van der Waals surface area (Å²) in [4.78, 5) is 11.5. The van der Waals surface area contributed by atoms with Crippen LogP contribution in [0.25, 0.3) is 0 Å². The maximum absolute atomic E-state index is 11.5. The first-order valence-corrected chi connectivity index (χ1v) is 7.13. The summed E-state index contributed by atoms with van der Waals surface area (Å²) in [6.07, 6.45) is 6.74. The number of esters is 1. The molecule has 3 nitrogen and oxygen atoms in total. The molecule has 0 atom stereocenters. The zero-order chi connectivity index (χ0) is 13.7. The van der Waals surface area contributed by atoms with Gasteiger partial charge in [-0.3, -0.25) is 0 Å². The van der Waals surface area contributed by atoms with Gasteiger partial charge in [0.15, 0.2) is 0 Å². The maximum Gasteiger partial charge on any atom is 0.337 e. The molecule has 0 aromatic heterocycles. The number of rotatable bonds is 4. The molecule has 1 saturated carbocycles. The van der Waals surface area contributed by atoms with E-state index in [0.717, 1.165) is 18.2 Å². The fraction of sp³-hybridized carbons (Fsp3) is 0.562. The number of anilines is 1. The van der Waals surface area contributed by atoms with Crippen molar-refractivity contribution >= 4 is 11.7 Å². The first-order valence-electron chi connectivity index (χ1n) is 7.13. The van der Waals surface area contributed by atoms with Gasteiger partial charge in [0.1, 0.15) is 0 Å². The van der Waals surface area contributed by atoms with Gasteiger partial charge in [-0.1, -0.05) is 25.3 Å². The molecule has 0 spiro atoms. The van der Waals surface area contributed by atoms with Crippen LogP contribution in [0.2, 0.25) is 0 Å². The standard InChI is InChI=1S/C16H23NO2/c1-12-8-9-14(16(18)19-2)10-15(12)17-11-13-6-4-3-5-7-13/h8-10,13,17H,3-7,11H2,1-2H3. The van der Waals surface area contributed by atoms with E-state index in [0.29, 0.717) is 5.56 Å². The molecule has 104 valence electrons. The van der Waals surface area contributed by atoms with Gasteiger partial charge < -0.3 is 10.1 Å². The van der Waals surface area contributed by atoms with E-state index in [2.05, 4.69) is 12.2 Å². The third-order valence-corrected chi connectivity index (χ3v) is 3.96. The van der Waals surface area contributed by atoms with E-state index in [4.69, 9.17) is 4.74 Å². The highest BCUT2D eigenvalue weighted by molar-refractivity contribution is 5.90. The Labute approximate surface area is 115 Å². The van der Waals surface area contributed by atoms with Crippen molar-refractivity contribution in [2.75, 3.05) is 19.0 Å². The summed E-state index contributed by atoms with van der Waals surface area (Å²) < 4.78 is 4.76. The molecule has 1 aliphatic carbocycles. The second kappa shape index (κ2) is 6.60. The fourth-order valence-electron chi connectivity index (χ4n) is 2.70. The molecule has 0 bridgehead atoms. The van der Waals surface area contributed by atoms with Crippen molar-refractivity contribution in [2.45, 2.75) is 39.0 Å². The molecule has 3 heteroatoms. The van der Waals surface area contributed by atoms with E-state index in [1.54, 1.807) is 0 Å². The molecule has 1 aromatic rings. The van der Waals surface area contributed by atoms with Gasteiger partial charge in [-0.05, 0) is 43.4 Å². The lowest BCUT2D eigenvalue weighted by Gasteiger charge is -2.23. The second-order valence-corrected chi connectivity index (χ2v) is 5.41. The molecule has 1 aromatic carbocycles. The van der Waals surface area contributed by atoms with Crippen molar-refractivity contribution < 1.29 is 9.53 Å². The summed E-state index contributed by atoms with van der Waals surface area (Å²) in [7, 11) is 1.41. The molecule has 0 amide bonds. The van der Waals surface area contributed by atoms with Gasteiger partial charge in [-0.25, -0.2) is 4.79 Å². The Kier molecular flexibility index (Phi) is 4.83. The SMILES string of the molecule is COC(=O)c1ccc(C)c(NCC2CCCCC2)c1. The molecule has 0 aliphatic heterocycles. The normalized spacial score (nSPS) is 16.1. The fourth-order valence-corrected chi connectivity index (χ4v) is 2.70. The highest BCUT2D eigenvalue weighted by Gasteiger charge is 2.14. The number of methoxy groups -OCH3 is 1. The monoisotopic (exact) mass is 261 g/mol. The molecular formula is C16H23NO2. The van der Waals surface area contributed by atoms with Crippen molar-refractivity contribution in [3.05, 3.63) is 29.3 Å². The summed E-state index contributed by atoms with van der Waals surface area (Å²) in [6, 6.07) is 5.67. The van der Waals surface area contributed by atoms with Crippen molar-refractivity contribution in [1.82, 2.24) is 0 Å². The van der Waals surface area contributed by atoms with Crippen LogP contribution in [0.5, 0.6) is 0 Å². The average molecular weight is 261 g/mol. The van der Waals surface area contributed by atoms with Crippen LogP contribution in [0.3, 0.4) is 0 Å². The molecule has 2 rings (SSSR count). The number of benzene rings is 1. The third kappa shape index (κ3) is 3.72. The lowest BCUT2D eigenvalue weighted by molar-refractivity contribution is 0.0601. The van der Waals surface area contributed by atoms with Gasteiger partial charge >= 0.3 is 5.97 Å². The Morgan fingerprint density at radius 2 is 2.05 bits per heavy atom. The number of aryl methyl sites for hydroxylation is 1. The predicted molar refractivity (Wildman–Crippen MR) is 77.6 cm³/mol. The molecule has 1 N–H and O–H groups in total. The molecule has 0 radical (unpaired) electrons. The van der Waals surface area contributed by atoms with Crippen LogP contribution in [0.1, 0.15) is 48.0 Å². The smallest absolute Gasteiger partial charge is 0.337 e. The number of nitrogens with one attached hydrogen (secondary N) is 1. The number of carbonyl (C=O) groups excluding carboxylic acids is 1. The highest BCUT2D eigenvalue weighted by Crippen LogP contribution is 2.25. The second-order valence-electron chi connectivity index (χ2n) is 5.41. The molecule has 0 saturated heterocycles. The lowest BCUT2D eigenvalue weighted by Crippen LogP contribution is -2.17. The van der Waals surface area contributed by atoms with Gasteiger partial charge in [0, 0.05) is 12.2 Å². The lowest BCUT2D eigenvalue weighted by atomic mass is 9.89. The Hall–Kier alpha value is -1.51. The Morgan fingerprint density at radius 1 is 1.32 bits per heavy atom. The molecule has 19 heavy (non-hydrogen) atoms. The van der Waals surface area contributed by atoms with E-state index in [-0.39, 0.29) is 5.97 Å². The summed E-state index contributed by atoms with van der Waals surface area (Å²) in [5.41, 5.74) is 2.83. The van der Waals surface area contributed by atoms with E-state index < -0.39 is 0 Å². The Morgan fingerprint density at radius 3 is 2.74 bits per heavy atom. The van der Waals surface area contributed by atoms with Gasteiger partial charge in [0.2, 0.25) is 0 Å². The van der Waals surface area contributed by atoms with Crippen molar-refractivity contribution in [3.8, 4) is 0 Å². The van der Waals surface area contributed by atoms with E-state index >= 15 is 0 Å². The predicted octanol–water partition coefficient (Wildman–Crippen LogP) is 3.77. The molecule has 1 fully saturated rings. The van der Waals surface area contributed by atoms with E-state index in [9.17, 15) is 4.79 Å². The van der Waals surface area contributed by atoms with Crippen LogP contribution >= 0.6 is 0 Å². The largest absolute Gasteiger partial charge is 0.465 e. The summed E-state index contributed by atoms with van der Waals surface area (Å²) in [5, 5.41) is 3.49. The van der Waals surface area contributed by atoms with Crippen molar-refractivity contribution in [1.29, 1.82) is 0 Å². The molecular weight excluding hydrogens is 238 g/mol. The maximum atomic E-state index is 11.5. The van der Waals surface area contributed by atoms with Crippen LogP contribution in [0.4, 0.5) is 5.69 Å². The van der Waals surface area contributed by atoms with E-state index in [1.165, 1.54) is 44.8 Å². The number of carbonyl (C=O) groups is 1. The first-order chi connectivity index (χ1) is 9.20. The van der Waals surface area contributed by atoms with Crippen LogP contribution < -0.4 is 5.32 Å². The van der Waals surface area contributed by atoms with Crippen LogP contribution in [0.15, 0.2) is 18.2 Å². The van der Waals surface area contributed by atoms with Gasteiger partial charge in [-0.15, -0.1) is 0 Å². The van der Waals surface area contributed by atoms with Gasteiger partial charge in [0.25, 0.3) is 0 Å². The summed E-state index contributed by atoms with van der Waals surface area (Å²) in [5.74, 6) is 0.496. The molecule has 0 heterocycles. The van der Waals surface area contributed by atoms with Gasteiger partial charge in [-0.2, -0.15) is 0 Å². The van der Waals surface area contributed by atoms with Crippen molar-refractivity contribution in [3.63, 3.8) is 0 Å². The third-order valence-electron chi connectivity index (χ3n) is 3.96. The van der Waals surface area contributed by atoms with Crippen LogP contribution in [0, 0.1) is 12.8 Å². The number of hydrogen-bond acceptors (Lipinski definition) is 3. The topological polar surface area (TPSA) is 38.3 Å². The van der Waals surface area contributed by atoms with Crippen LogP contribution in [-0.2, 0) is 4.74 Å². The first kappa shape index (κ1) is 13.9. The minimum absolute atomic E-state index is 0.277. The van der Waals surface area contributed by atoms with Gasteiger partial charge in [0.05, 0.1) is 12.7 Å². The minimum atomic E-state index is -0.277. The minimum Gasteiger partial charge on any atom is -0.465 e. The van der Waals surface area contributed by atoms with Crippen molar-refractivity contribution in [2.24, 2.45) is 5.92 Å². The Bertz CT molecular complexity index is 436. The number of ether oxygens (including phenoxy) is 1. The summed E-state index contributed by atoms with van der Waals surface area (Å²) >= 11 is 0. The quantitative estimate of drug-likeness (QED) is 0.838. The highest BCUT2D eigenvalue weighted by atomic mass is 16.5. The molecule has 0 unspecified atom stereocenters. The zero-order valence-corrected chi connectivity index (χ0v) is 11.9. The Balaban J connectivity index is 2.00. The molecule has 1 aliphatic rings. The summed E-state index contributed by atoms with van der Waals surface area (Å²) in [6.45, 7) is 3.07. The average Bonchev–Trinajstić information content (AvgIpc) is 2.46. The number of hydrogen-bond donors (Lipinski definition) is 1. The van der Waals surface area contributed by atoms with E-state index in [1.807, 2.05) is 18.2 Å². The van der Waals surface area contributed by atoms with Crippen LogP contribution in [-0.4, -0.2) is 19.6 Å². The zero-order valence-electron chi connectivity index (χ0n) is 11.9.